The van der Waals surface area contributed by atoms with E-state index in [0.717, 1.165) is 17.7 Å². The predicted octanol–water partition coefficient (Wildman–Crippen LogP) is 2.97. The number of nitrogens with one attached hydrogen (secondary N) is 1. The number of fused-ring (bicyclic) bond motifs is 1. The summed E-state index contributed by atoms with van der Waals surface area (Å²) < 4.78 is 6.72. The number of hydrogen-bond donors (Lipinski definition) is 1. The van der Waals surface area contributed by atoms with Crippen molar-refractivity contribution >= 4 is 22.9 Å². The number of amides is 1. The highest BCUT2D eigenvalue weighted by Crippen LogP contribution is 2.13. The molecule has 0 radical (unpaired) electrons. The van der Waals surface area contributed by atoms with Gasteiger partial charge in [-0.3, -0.25) is 9.59 Å². The van der Waals surface area contributed by atoms with Crippen LogP contribution in [0.3, 0.4) is 0 Å². The topological polar surface area (TPSA) is 85.6 Å². The normalized spacial score (nSPS) is 11.1. The average molecular weight is 378 g/mol. The maximum atomic E-state index is 12.6. The van der Waals surface area contributed by atoms with Crippen LogP contribution in [0.2, 0.25) is 0 Å². The number of nitrogens with zero attached hydrogens (tertiary/aromatic N) is 3. The SMILES string of the molecule is CCCn1nc(C(=O)NN=Cc2ccc(OCC)cc2)c2ccccc2c1=O. The minimum absolute atomic E-state index is 0.174. The smallest absolute Gasteiger partial charge is 0.292 e. The summed E-state index contributed by atoms with van der Waals surface area (Å²) in [5, 5.41) is 9.23. The zero-order chi connectivity index (χ0) is 19.9. The van der Waals surface area contributed by atoms with E-state index >= 15 is 0 Å². The summed E-state index contributed by atoms with van der Waals surface area (Å²) in [6, 6.07) is 14.3. The molecule has 7 nitrogen and oxygen atoms in total. The van der Waals surface area contributed by atoms with Crippen molar-refractivity contribution in [3.05, 3.63) is 70.1 Å². The van der Waals surface area contributed by atoms with Gasteiger partial charge in [0, 0.05) is 11.9 Å². The highest BCUT2D eigenvalue weighted by atomic mass is 16.5. The fourth-order valence-electron chi connectivity index (χ4n) is 2.80. The molecule has 0 aliphatic carbocycles. The van der Waals surface area contributed by atoms with E-state index in [1.54, 1.807) is 24.3 Å². The summed E-state index contributed by atoms with van der Waals surface area (Å²) >= 11 is 0. The molecule has 1 heterocycles. The summed E-state index contributed by atoms with van der Waals surface area (Å²) in [5.74, 6) is 0.306. The van der Waals surface area contributed by atoms with E-state index in [1.807, 2.05) is 38.1 Å². The van der Waals surface area contributed by atoms with Gasteiger partial charge < -0.3 is 4.74 Å². The first-order valence-corrected chi connectivity index (χ1v) is 9.20. The molecule has 3 rings (SSSR count). The number of aryl methyl sites for hydroxylation is 1. The van der Waals surface area contributed by atoms with E-state index in [-0.39, 0.29) is 11.3 Å². The summed E-state index contributed by atoms with van der Waals surface area (Å²) in [4.78, 5) is 25.1. The predicted molar refractivity (Wildman–Crippen MR) is 109 cm³/mol. The van der Waals surface area contributed by atoms with Crippen LogP contribution < -0.4 is 15.7 Å². The van der Waals surface area contributed by atoms with Crippen LogP contribution in [0.1, 0.15) is 36.3 Å². The van der Waals surface area contributed by atoms with Crippen molar-refractivity contribution in [3.63, 3.8) is 0 Å². The molecule has 1 N–H and O–H groups in total. The number of benzene rings is 2. The van der Waals surface area contributed by atoms with Crippen molar-refractivity contribution in [1.82, 2.24) is 15.2 Å². The molecular formula is C21H22N4O3. The maximum absolute atomic E-state index is 12.6. The molecule has 0 saturated carbocycles. The lowest BCUT2D eigenvalue weighted by Gasteiger charge is -2.09. The molecule has 7 heteroatoms. The maximum Gasteiger partial charge on any atom is 0.292 e. The Bertz CT molecular complexity index is 1060. The highest BCUT2D eigenvalue weighted by Gasteiger charge is 2.15. The number of hydrogen-bond acceptors (Lipinski definition) is 5. The molecule has 0 aliphatic heterocycles. The molecule has 0 aliphatic rings. The van der Waals surface area contributed by atoms with Crippen molar-refractivity contribution in [2.45, 2.75) is 26.8 Å². The molecule has 0 bridgehead atoms. The average Bonchev–Trinajstić information content (AvgIpc) is 2.71. The molecule has 2 aromatic carbocycles. The van der Waals surface area contributed by atoms with Gasteiger partial charge in [0.2, 0.25) is 0 Å². The third kappa shape index (κ3) is 4.25. The Morgan fingerprint density at radius 3 is 2.54 bits per heavy atom. The van der Waals surface area contributed by atoms with Gasteiger partial charge in [-0.1, -0.05) is 25.1 Å². The Hall–Kier alpha value is -3.48. The van der Waals surface area contributed by atoms with Crippen LogP contribution in [-0.4, -0.2) is 28.5 Å². The molecule has 0 spiro atoms. The fourth-order valence-corrected chi connectivity index (χ4v) is 2.80. The Labute approximate surface area is 162 Å². The van der Waals surface area contributed by atoms with Gasteiger partial charge in [-0.2, -0.15) is 10.2 Å². The Kier molecular flexibility index (Phi) is 6.16. The number of rotatable bonds is 7. The van der Waals surface area contributed by atoms with Gasteiger partial charge in [0.15, 0.2) is 5.69 Å². The van der Waals surface area contributed by atoms with E-state index in [9.17, 15) is 9.59 Å². The van der Waals surface area contributed by atoms with Crippen LogP contribution in [-0.2, 0) is 6.54 Å². The van der Waals surface area contributed by atoms with E-state index in [4.69, 9.17) is 4.74 Å². The van der Waals surface area contributed by atoms with Crippen molar-refractivity contribution in [3.8, 4) is 5.75 Å². The van der Waals surface area contributed by atoms with Crippen LogP contribution in [0.15, 0.2) is 58.4 Å². The number of ether oxygens (including phenoxy) is 1. The van der Waals surface area contributed by atoms with Crippen molar-refractivity contribution in [1.29, 1.82) is 0 Å². The fraction of sp³-hybridized carbons (Fsp3) is 0.238. The molecule has 144 valence electrons. The van der Waals surface area contributed by atoms with Gasteiger partial charge in [-0.15, -0.1) is 0 Å². The van der Waals surface area contributed by atoms with E-state index < -0.39 is 5.91 Å². The zero-order valence-electron chi connectivity index (χ0n) is 15.9. The van der Waals surface area contributed by atoms with Crippen molar-refractivity contribution < 1.29 is 9.53 Å². The molecule has 0 unspecified atom stereocenters. The van der Waals surface area contributed by atoms with Gasteiger partial charge in [0.25, 0.3) is 11.5 Å². The third-order valence-corrected chi connectivity index (χ3v) is 4.09. The molecule has 0 atom stereocenters. The number of hydrazone groups is 1. The summed E-state index contributed by atoms with van der Waals surface area (Å²) in [6.07, 6.45) is 2.28. The van der Waals surface area contributed by atoms with Gasteiger partial charge in [-0.25, -0.2) is 10.1 Å². The van der Waals surface area contributed by atoms with Gasteiger partial charge >= 0.3 is 0 Å². The lowest BCUT2D eigenvalue weighted by Crippen LogP contribution is -2.29. The van der Waals surface area contributed by atoms with E-state index in [1.165, 1.54) is 10.9 Å². The van der Waals surface area contributed by atoms with Crippen LogP contribution >= 0.6 is 0 Å². The first kappa shape index (κ1) is 19.3. The lowest BCUT2D eigenvalue weighted by molar-refractivity contribution is 0.0949. The second-order valence-corrected chi connectivity index (χ2v) is 6.12. The molecule has 28 heavy (non-hydrogen) atoms. The minimum atomic E-state index is -0.469. The highest BCUT2D eigenvalue weighted by molar-refractivity contribution is 6.04. The van der Waals surface area contributed by atoms with Gasteiger partial charge in [0.05, 0.1) is 18.2 Å². The molecule has 0 fully saturated rings. The molecule has 1 amide bonds. The quantitative estimate of drug-likeness (QED) is 0.506. The van der Waals surface area contributed by atoms with Crippen molar-refractivity contribution in [2.24, 2.45) is 5.10 Å². The standard InChI is InChI=1S/C21H22N4O3/c1-3-13-25-21(27)18-8-6-5-7-17(18)19(24-25)20(26)23-22-14-15-9-11-16(12-10-15)28-4-2/h5-12,14H,3-4,13H2,1-2H3,(H,23,26). The Morgan fingerprint density at radius 2 is 1.86 bits per heavy atom. The molecular weight excluding hydrogens is 356 g/mol. The number of carbonyl (C=O) groups is 1. The summed E-state index contributed by atoms with van der Waals surface area (Å²) in [5.41, 5.74) is 3.28. The van der Waals surface area contributed by atoms with Crippen LogP contribution in [0.25, 0.3) is 10.8 Å². The summed E-state index contributed by atoms with van der Waals surface area (Å²) in [7, 11) is 0. The van der Waals surface area contributed by atoms with Gasteiger partial charge in [0.1, 0.15) is 5.75 Å². The Balaban J connectivity index is 1.83. The summed E-state index contributed by atoms with van der Waals surface area (Å²) in [6.45, 7) is 4.92. The molecule has 1 aromatic heterocycles. The first-order valence-electron chi connectivity index (χ1n) is 9.20. The first-order chi connectivity index (χ1) is 13.6. The second kappa shape index (κ2) is 8.94. The van der Waals surface area contributed by atoms with Crippen LogP contribution in [0.4, 0.5) is 0 Å². The second-order valence-electron chi connectivity index (χ2n) is 6.12. The number of aromatic nitrogens is 2. The van der Waals surface area contributed by atoms with Crippen molar-refractivity contribution in [2.75, 3.05) is 6.61 Å². The monoisotopic (exact) mass is 378 g/mol. The molecule has 0 saturated heterocycles. The largest absolute Gasteiger partial charge is 0.494 e. The number of carbonyl (C=O) groups excluding carboxylic acids is 1. The zero-order valence-corrected chi connectivity index (χ0v) is 15.9. The third-order valence-electron chi connectivity index (χ3n) is 4.09. The van der Waals surface area contributed by atoms with Crippen LogP contribution in [0.5, 0.6) is 5.75 Å². The Morgan fingerprint density at radius 1 is 1.14 bits per heavy atom. The van der Waals surface area contributed by atoms with Crippen LogP contribution in [0, 0.1) is 0 Å². The minimum Gasteiger partial charge on any atom is -0.494 e. The van der Waals surface area contributed by atoms with E-state index in [0.29, 0.717) is 23.9 Å². The van der Waals surface area contributed by atoms with E-state index in [2.05, 4.69) is 15.6 Å². The lowest BCUT2D eigenvalue weighted by atomic mass is 10.1. The molecule has 3 aromatic rings. The van der Waals surface area contributed by atoms with Gasteiger partial charge in [-0.05, 0) is 49.2 Å².